The number of fused-ring (bicyclic) bond motifs is 2. The number of aromatic nitrogens is 3. The maximum atomic E-state index is 6.12. The fourth-order valence-corrected chi connectivity index (χ4v) is 3.91. The van der Waals surface area contributed by atoms with Crippen molar-refractivity contribution in [3.05, 3.63) is 64.7 Å². The zero-order chi connectivity index (χ0) is 19.8. The zero-order valence-electron chi connectivity index (χ0n) is 16.2. The average Bonchev–Trinajstić information content (AvgIpc) is 2.92. The van der Waals surface area contributed by atoms with E-state index >= 15 is 0 Å². The summed E-state index contributed by atoms with van der Waals surface area (Å²) < 4.78 is 22.2. The molecule has 0 spiro atoms. The molecule has 0 amide bonds. The van der Waals surface area contributed by atoms with E-state index in [9.17, 15) is 0 Å². The third-order valence-electron chi connectivity index (χ3n) is 5.24. The largest absolute Gasteiger partial charge is 0.492 e. The van der Waals surface area contributed by atoms with E-state index in [0.717, 1.165) is 36.2 Å². The molecule has 8 heteroatoms. The first kappa shape index (κ1) is 18.2. The second-order valence-electron chi connectivity index (χ2n) is 7.21. The van der Waals surface area contributed by atoms with Gasteiger partial charge in [-0.25, -0.2) is 4.68 Å². The first-order valence-corrected chi connectivity index (χ1v) is 10.0. The Balaban J connectivity index is 1.37. The quantitative estimate of drug-likeness (QED) is 0.618. The minimum Gasteiger partial charge on any atom is -0.492 e. The molecule has 0 fully saturated rings. The molecule has 2 aromatic carbocycles. The van der Waals surface area contributed by atoms with Crippen molar-refractivity contribution in [3.63, 3.8) is 0 Å². The Morgan fingerprint density at radius 3 is 2.66 bits per heavy atom. The molecule has 0 aliphatic carbocycles. The summed E-state index contributed by atoms with van der Waals surface area (Å²) in [6.07, 6.45) is -0.300. The molecule has 3 heterocycles. The predicted octanol–water partition coefficient (Wildman–Crippen LogP) is 3.32. The fraction of sp³-hybridized carbons (Fsp3) is 0.333. The number of hydrogen-bond acceptors (Lipinski definition) is 6. The molecule has 29 heavy (non-hydrogen) atoms. The van der Waals surface area contributed by atoms with Gasteiger partial charge in [-0.3, -0.25) is 4.90 Å². The van der Waals surface area contributed by atoms with Crippen molar-refractivity contribution in [1.29, 1.82) is 0 Å². The summed E-state index contributed by atoms with van der Waals surface area (Å²) in [6.45, 7) is 3.23. The lowest BCUT2D eigenvalue weighted by Crippen LogP contribution is -2.29. The van der Waals surface area contributed by atoms with Crippen LogP contribution < -0.4 is 14.2 Å². The molecule has 2 aliphatic heterocycles. The van der Waals surface area contributed by atoms with Crippen LogP contribution in [0, 0.1) is 4.77 Å². The topological polar surface area (TPSA) is 53.7 Å². The van der Waals surface area contributed by atoms with Gasteiger partial charge < -0.3 is 18.8 Å². The smallest absolute Gasteiger partial charge is 0.198 e. The van der Waals surface area contributed by atoms with Gasteiger partial charge in [-0.15, -0.1) is 0 Å². The number of hydrogen-bond donors (Lipinski definition) is 0. The number of benzene rings is 2. The third-order valence-corrected chi connectivity index (χ3v) is 5.72. The van der Waals surface area contributed by atoms with Crippen molar-refractivity contribution in [2.75, 3.05) is 19.8 Å². The minimum absolute atomic E-state index is 0.300. The number of para-hydroxylation sites is 3. The Morgan fingerprint density at radius 2 is 1.79 bits per heavy atom. The molecule has 5 rings (SSSR count). The number of rotatable bonds is 3. The van der Waals surface area contributed by atoms with Gasteiger partial charge in [0, 0.05) is 25.7 Å². The molecule has 1 unspecified atom stereocenters. The van der Waals surface area contributed by atoms with Gasteiger partial charge in [0.05, 0.1) is 6.67 Å². The van der Waals surface area contributed by atoms with E-state index in [2.05, 4.69) is 11.0 Å². The number of nitrogens with zero attached hydrogens (tertiary/aromatic N) is 4. The van der Waals surface area contributed by atoms with Gasteiger partial charge in [-0.1, -0.05) is 30.3 Å². The van der Waals surface area contributed by atoms with E-state index in [4.69, 9.17) is 31.5 Å². The van der Waals surface area contributed by atoms with E-state index in [1.54, 1.807) is 0 Å². The lowest BCUT2D eigenvalue weighted by atomic mass is 10.2. The van der Waals surface area contributed by atoms with Crippen LogP contribution in [0.1, 0.15) is 17.5 Å². The van der Waals surface area contributed by atoms with Crippen molar-refractivity contribution in [3.8, 4) is 17.2 Å². The molecule has 1 atom stereocenters. The van der Waals surface area contributed by atoms with E-state index < -0.39 is 0 Å². The Kier molecular flexibility index (Phi) is 4.73. The maximum Gasteiger partial charge on any atom is 0.198 e. The summed E-state index contributed by atoms with van der Waals surface area (Å²) >= 11 is 5.65. The minimum atomic E-state index is -0.300. The molecule has 0 N–H and O–H groups in total. The van der Waals surface area contributed by atoms with Crippen LogP contribution in [0.5, 0.6) is 17.2 Å². The molecule has 0 saturated heterocycles. The van der Waals surface area contributed by atoms with Gasteiger partial charge in [-0.2, -0.15) is 5.10 Å². The summed E-state index contributed by atoms with van der Waals surface area (Å²) in [5.74, 6) is 3.20. The zero-order valence-corrected chi connectivity index (χ0v) is 17.0. The Bertz CT molecular complexity index is 1090. The highest BCUT2D eigenvalue weighted by molar-refractivity contribution is 7.71. The van der Waals surface area contributed by atoms with E-state index in [-0.39, 0.29) is 6.10 Å². The Morgan fingerprint density at radius 1 is 1.03 bits per heavy atom. The summed E-state index contributed by atoms with van der Waals surface area (Å²) in [5, 5.41) is 4.77. The SMILES string of the molecule is Cn1c(C2COc3ccccc3O2)nn(CN2CCOc3ccccc3C2)c1=S. The molecule has 0 saturated carbocycles. The highest BCUT2D eigenvalue weighted by Crippen LogP contribution is 2.35. The monoisotopic (exact) mass is 410 g/mol. The van der Waals surface area contributed by atoms with Crippen molar-refractivity contribution < 1.29 is 14.2 Å². The molecular weight excluding hydrogens is 388 g/mol. The molecule has 0 bridgehead atoms. The van der Waals surface area contributed by atoms with Crippen molar-refractivity contribution in [2.45, 2.75) is 19.3 Å². The van der Waals surface area contributed by atoms with Crippen LogP contribution in [-0.2, 0) is 20.3 Å². The van der Waals surface area contributed by atoms with E-state index in [0.29, 0.717) is 24.7 Å². The highest BCUT2D eigenvalue weighted by Gasteiger charge is 2.27. The van der Waals surface area contributed by atoms with Gasteiger partial charge in [0.25, 0.3) is 0 Å². The standard InChI is InChI=1S/C21H22N4O3S/c1-23-20(19-13-27-17-8-4-5-9-18(17)28-19)22-25(21(23)29)14-24-10-11-26-16-7-3-2-6-15(16)12-24/h2-9,19H,10-14H2,1H3. The second kappa shape index (κ2) is 7.53. The summed E-state index contributed by atoms with van der Waals surface area (Å²) in [4.78, 5) is 2.28. The van der Waals surface area contributed by atoms with Crippen LogP contribution in [0.3, 0.4) is 0 Å². The summed E-state index contributed by atoms with van der Waals surface area (Å²) in [6, 6.07) is 15.8. The highest BCUT2D eigenvalue weighted by atomic mass is 32.1. The van der Waals surface area contributed by atoms with E-state index in [1.165, 1.54) is 5.56 Å². The van der Waals surface area contributed by atoms with Crippen molar-refractivity contribution in [1.82, 2.24) is 19.2 Å². The van der Waals surface area contributed by atoms with Crippen LogP contribution in [-0.4, -0.2) is 39.0 Å². The van der Waals surface area contributed by atoms with Crippen LogP contribution in [0.25, 0.3) is 0 Å². The summed E-state index contributed by atoms with van der Waals surface area (Å²) in [5.41, 5.74) is 1.17. The van der Waals surface area contributed by atoms with Crippen LogP contribution in [0.4, 0.5) is 0 Å². The Hall–Kier alpha value is -2.84. The van der Waals surface area contributed by atoms with E-state index in [1.807, 2.05) is 58.8 Å². The van der Waals surface area contributed by atoms with Crippen LogP contribution in [0.2, 0.25) is 0 Å². The average molecular weight is 410 g/mol. The Labute approximate surface area is 174 Å². The molecule has 0 radical (unpaired) electrons. The fourth-order valence-electron chi connectivity index (χ4n) is 3.71. The second-order valence-corrected chi connectivity index (χ2v) is 7.58. The van der Waals surface area contributed by atoms with Gasteiger partial charge in [-0.05, 0) is 30.4 Å². The van der Waals surface area contributed by atoms with Crippen molar-refractivity contribution in [2.24, 2.45) is 7.05 Å². The first-order valence-electron chi connectivity index (χ1n) is 9.64. The lowest BCUT2D eigenvalue weighted by molar-refractivity contribution is 0.0819. The molecule has 2 aliphatic rings. The third kappa shape index (κ3) is 3.49. The van der Waals surface area contributed by atoms with Crippen LogP contribution >= 0.6 is 12.2 Å². The van der Waals surface area contributed by atoms with Gasteiger partial charge >= 0.3 is 0 Å². The van der Waals surface area contributed by atoms with Gasteiger partial charge in [0.15, 0.2) is 28.2 Å². The number of ether oxygens (including phenoxy) is 3. The molecular formula is C21H22N4O3S. The first-order chi connectivity index (χ1) is 14.2. The van der Waals surface area contributed by atoms with Crippen molar-refractivity contribution >= 4 is 12.2 Å². The normalized spacial score (nSPS) is 18.6. The van der Waals surface area contributed by atoms with Gasteiger partial charge in [0.1, 0.15) is 19.0 Å². The molecule has 3 aromatic rings. The van der Waals surface area contributed by atoms with Gasteiger partial charge in [0.2, 0.25) is 0 Å². The molecule has 1 aromatic heterocycles. The lowest BCUT2D eigenvalue weighted by Gasteiger charge is -2.25. The predicted molar refractivity (Wildman–Crippen MR) is 110 cm³/mol. The molecule has 7 nitrogen and oxygen atoms in total. The maximum absolute atomic E-state index is 6.12. The molecule has 150 valence electrons. The summed E-state index contributed by atoms with van der Waals surface area (Å²) in [7, 11) is 1.92. The van der Waals surface area contributed by atoms with Crippen LogP contribution in [0.15, 0.2) is 48.5 Å².